The highest BCUT2D eigenvalue weighted by molar-refractivity contribution is 5.76. The Balaban J connectivity index is 1.27. The van der Waals surface area contributed by atoms with Crippen LogP contribution in [0.3, 0.4) is 0 Å². The van der Waals surface area contributed by atoms with Crippen molar-refractivity contribution in [3.8, 4) is 0 Å². The minimum Gasteiger partial charge on any atom is -0.327 e. The molecule has 3 atom stereocenters. The number of likely N-dealkylation sites (tertiary alicyclic amines) is 1. The number of aromatic nitrogens is 2. The standard InChI is InChI=1S/C35H35N3/c1-3-11-26(12-4-1)23-30-24-29(19-21-37(30)25-27-13-5-2-6-14-27)34-31-16-8-7-15-28(31)20-22-38-33-18-10-9-17-32(33)36-35(34)38/h1-18,29-30,34H,19-25H2/t29-,30?,34?/m1/s1. The van der Waals surface area contributed by atoms with E-state index in [2.05, 4.69) is 119 Å². The minimum absolute atomic E-state index is 0.332. The molecule has 38 heavy (non-hydrogen) atoms. The number of hydrogen-bond acceptors (Lipinski definition) is 2. The lowest BCUT2D eigenvalue weighted by atomic mass is 9.75. The predicted octanol–water partition coefficient (Wildman–Crippen LogP) is 7.25. The van der Waals surface area contributed by atoms with Crippen LogP contribution in [0.1, 0.15) is 46.8 Å². The van der Waals surface area contributed by atoms with Crippen LogP contribution in [0.15, 0.2) is 109 Å². The van der Waals surface area contributed by atoms with E-state index in [4.69, 9.17) is 4.98 Å². The number of benzene rings is 4. The SMILES string of the molecule is c1ccc(CC2C[C@H](C3c4ccccc4CCn4c3nc3ccccc34)CCN2Cc2ccccc2)cc1. The zero-order valence-electron chi connectivity index (χ0n) is 21.9. The number of piperidine rings is 1. The van der Waals surface area contributed by atoms with Crippen LogP contribution < -0.4 is 0 Å². The molecule has 0 radical (unpaired) electrons. The van der Waals surface area contributed by atoms with E-state index in [1.54, 1.807) is 0 Å². The van der Waals surface area contributed by atoms with E-state index in [9.17, 15) is 0 Å². The van der Waals surface area contributed by atoms with Crippen LogP contribution in [0.5, 0.6) is 0 Å². The zero-order chi connectivity index (χ0) is 25.3. The van der Waals surface area contributed by atoms with Crippen molar-refractivity contribution in [1.82, 2.24) is 14.5 Å². The minimum atomic E-state index is 0.332. The van der Waals surface area contributed by atoms with Crippen molar-refractivity contribution >= 4 is 11.0 Å². The molecule has 1 aromatic heterocycles. The van der Waals surface area contributed by atoms with Crippen molar-refractivity contribution < 1.29 is 0 Å². The highest BCUT2D eigenvalue weighted by Crippen LogP contribution is 2.43. The summed E-state index contributed by atoms with van der Waals surface area (Å²) in [4.78, 5) is 8.05. The van der Waals surface area contributed by atoms with Crippen molar-refractivity contribution in [3.63, 3.8) is 0 Å². The molecule has 1 fully saturated rings. The molecule has 3 heterocycles. The summed E-state index contributed by atoms with van der Waals surface area (Å²) in [5, 5.41) is 0. The van der Waals surface area contributed by atoms with Gasteiger partial charge in [-0.3, -0.25) is 4.90 Å². The molecule has 0 amide bonds. The molecule has 2 aliphatic heterocycles. The lowest BCUT2D eigenvalue weighted by Gasteiger charge is -2.42. The number of rotatable bonds is 5. The van der Waals surface area contributed by atoms with E-state index >= 15 is 0 Å². The fourth-order valence-corrected chi connectivity index (χ4v) is 7.03. The van der Waals surface area contributed by atoms with Crippen LogP contribution in [-0.2, 0) is 25.9 Å². The molecule has 7 rings (SSSR count). The topological polar surface area (TPSA) is 21.1 Å². The van der Waals surface area contributed by atoms with Gasteiger partial charge in [0.05, 0.1) is 11.0 Å². The molecule has 5 aromatic rings. The van der Waals surface area contributed by atoms with Crippen LogP contribution >= 0.6 is 0 Å². The number of para-hydroxylation sites is 2. The van der Waals surface area contributed by atoms with Gasteiger partial charge in [0.2, 0.25) is 0 Å². The van der Waals surface area contributed by atoms with Crippen molar-refractivity contribution in [2.75, 3.05) is 6.54 Å². The maximum atomic E-state index is 5.31. The molecule has 0 N–H and O–H groups in total. The fourth-order valence-electron chi connectivity index (χ4n) is 7.03. The first kappa shape index (κ1) is 23.4. The molecule has 0 saturated carbocycles. The third-order valence-corrected chi connectivity index (χ3v) is 8.85. The summed E-state index contributed by atoms with van der Waals surface area (Å²) in [7, 11) is 0. The Morgan fingerprint density at radius 3 is 2.26 bits per heavy atom. The Labute approximate surface area is 225 Å². The summed E-state index contributed by atoms with van der Waals surface area (Å²) in [6.45, 7) is 3.14. The van der Waals surface area contributed by atoms with E-state index in [-0.39, 0.29) is 0 Å². The molecule has 4 aromatic carbocycles. The van der Waals surface area contributed by atoms with E-state index in [0.717, 1.165) is 38.0 Å². The van der Waals surface area contributed by atoms with Gasteiger partial charge in [-0.05, 0) is 72.5 Å². The van der Waals surface area contributed by atoms with Crippen LogP contribution in [0.25, 0.3) is 11.0 Å². The molecule has 0 aliphatic carbocycles. The zero-order valence-corrected chi connectivity index (χ0v) is 21.9. The van der Waals surface area contributed by atoms with Gasteiger partial charge >= 0.3 is 0 Å². The Kier molecular flexibility index (Phi) is 6.31. The van der Waals surface area contributed by atoms with Crippen molar-refractivity contribution in [2.24, 2.45) is 5.92 Å². The van der Waals surface area contributed by atoms with E-state index in [0.29, 0.717) is 17.9 Å². The van der Waals surface area contributed by atoms with Crippen LogP contribution in [0.2, 0.25) is 0 Å². The molecule has 2 aliphatic rings. The maximum Gasteiger partial charge on any atom is 0.117 e. The summed E-state index contributed by atoms with van der Waals surface area (Å²) < 4.78 is 2.53. The molecule has 190 valence electrons. The summed E-state index contributed by atoms with van der Waals surface area (Å²) >= 11 is 0. The van der Waals surface area contributed by atoms with Gasteiger partial charge in [-0.15, -0.1) is 0 Å². The van der Waals surface area contributed by atoms with Gasteiger partial charge in [0.15, 0.2) is 0 Å². The van der Waals surface area contributed by atoms with Crippen LogP contribution in [-0.4, -0.2) is 27.0 Å². The average Bonchev–Trinajstić information content (AvgIpc) is 3.24. The Morgan fingerprint density at radius 1 is 0.711 bits per heavy atom. The Morgan fingerprint density at radius 2 is 1.42 bits per heavy atom. The predicted molar refractivity (Wildman–Crippen MR) is 155 cm³/mol. The lowest BCUT2D eigenvalue weighted by molar-refractivity contribution is 0.0964. The summed E-state index contributed by atoms with van der Waals surface area (Å²) in [5.74, 6) is 2.17. The van der Waals surface area contributed by atoms with Crippen molar-refractivity contribution in [1.29, 1.82) is 0 Å². The second-order valence-corrected chi connectivity index (χ2v) is 11.1. The van der Waals surface area contributed by atoms with Gasteiger partial charge in [0.1, 0.15) is 5.82 Å². The molecule has 0 bridgehead atoms. The molecule has 1 saturated heterocycles. The molecule has 3 nitrogen and oxygen atoms in total. The molecule has 3 heteroatoms. The summed E-state index contributed by atoms with van der Waals surface area (Å²) in [6, 6.07) is 40.5. The highest BCUT2D eigenvalue weighted by atomic mass is 15.2. The van der Waals surface area contributed by atoms with Crippen LogP contribution in [0, 0.1) is 5.92 Å². The largest absolute Gasteiger partial charge is 0.327 e. The maximum absolute atomic E-state index is 5.31. The molecule has 2 unspecified atom stereocenters. The first-order valence-corrected chi connectivity index (χ1v) is 14.2. The average molecular weight is 498 g/mol. The van der Waals surface area contributed by atoms with Gasteiger partial charge in [-0.1, -0.05) is 97.1 Å². The quantitative estimate of drug-likeness (QED) is 0.255. The molecular formula is C35H35N3. The van der Waals surface area contributed by atoms with E-state index < -0.39 is 0 Å². The second-order valence-electron chi connectivity index (χ2n) is 11.1. The number of nitrogens with zero attached hydrogens (tertiary/aromatic N) is 3. The fraction of sp³-hybridized carbons (Fsp3) is 0.286. The van der Waals surface area contributed by atoms with Crippen molar-refractivity contribution in [3.05, 3.63) is 137 Å². The van der Waals surface area contributed by atoms with E-state index in [1.165, 1.54) is 46.4 Å². The number of fused-ring (bicyclic) bond motifs is 4. The normalized spacial score (nSPS) is 21.5. The Hall–Kier alpha value is -3.69. The monoisotopic (exact) mass is 497 g/mol. The van der Waals surface area contributed by atoms with Gasteiger partial charge < -0.3 is 4.57 Å². The summed E-state index contributed by atoms with van der Waals surface area (Å²) in [5.41, 5.74) is 8.26. The number of hydrogen-bond donors (Lipinski definition) is 0. The molecular weight excluding hydrogens is 462 g/mol. The third-order valence-electron chi connectivity index (χ3n) is 8.85. The second kappa shape index (κ2) is 10.2. The van der Waals surface area contributed by atoms with Crippen LogP contribution in [0.4, 0.5) is 0 Å². The smallest absolute Gasteiger partial charge is 0.117 e. The first-order chi connectivity index (χ1) is 18.8. The Bertz CT molecular complexity index is 1520. The van der Waals surface area contributed by atoms with Gasteiger partial charge in [-0.25, -0.2) is 4.98 Å². The summed E-state index contributed by atoms with van der Waals surface area (Å²) in [6.07, 6.45) is 4.54. The number of imidazole rings is 1. The first-order valence-electron chi connectivity index (χ1n) is 14.2. The third kappa shape index (κ3) is 4.46. The van der Waals surface area contributed by atoms with E-state index in [1.807, 2.05) is 0 Å². The van der Waals surface area contributed by atoms with Gasteiger partial charge in [0.25, 0.3) is 0 Å². The lowest BCUT2D eigenvalue weighted by Crippen LogP contribution is -2.44. The van der Waals surface area contributed by atoms with Crippen molar-refractivity contribution in [2.45, 2.75) is 50.7 Å². The molecule has 0 spiro atoms. The van der Waals surface area contributed by atoms with Gasteiger partial charge in [-0.2, -0.15) is 0 Å². The highest BCUT2D eigenvalue weighted by Gasteiger charge is 2.38. The number of aryl methyl sites for hydroxylation is 2. The van der Waals surface area contributed by atoms with Gasteiger partial charge in [0, 0.05) is 25.0 Å².